The van der Waals surface area contributed by atoms with Gasteiger partial charge >= 0.3 is 0 Å². The van der Waals surface area contributed by atoms with Crippen molar-refractivity contribution in [3.8, 4) is 0 Å². The van der Waals surface area contributed by atoms with Crippen LogP contribution in [-0.2, 0) is 14.3 Å². The van der Waals surface area contributed by atoms with E-state index in [4.69, 9.17) is 4.74 Å². The Labute approximate surface area is 143 Å². The van der Waals surface area contributed by atoms with Gasteiger partial charge in [0, 0.05) is 6.42 Å². The second kappa shape index (κ2) is 5.76. The van der Waals surface area contributed by atoms with E-state index in [2.05, 4.69) is 6.92 Å². The fourth-order valence-electron chi connectivity index (χ4n) is 3.07. The van der Waals surface area contributed by atoms with Gasteiger partial charge in [-0.3, -0.25) is 14.5 Å². The van der Waals surface area contributed by atoms with E-state index in [0.717, 1.165) is 18.4 Å². The number of nitrogens with zero attached hydrogens (tertiary/aromatic N) is 1. The molecule has 1 heterocycles. The number of Topliss-reactive ketones (excluding diaryl/α,β-unsaturated/α-hetero) is 1. The third kappa shape index (κ3) is 2.97. The third-order valence-electron chi connectivity index (χ3n) is 5.33. The van der Waals surface area contributed by atoms with Gasteiger partial charge in [0.25, 0.3) is 5.91 Å². The lowest BCUT2D eigenvalue weighted by Crippen LogP contribution is -2.55. The van der Waals surface area contributed by atoms with E-state index in [1.807, 2.05) is 44.2 Å². The van der Waals surface area contributed by atoms with Crippen LogP contribution in [0.3, 0.4) is 0 Å². The first kappa shape index (κ1) is 16.7. The minimum Gasteiger partial charge on any atom is -0.477 e. The van der Waals surface area contributed by atoms with E-state index in [1.165, 1.54) is 0 Å². The zero-order chi connectivity index (χ0) is 17.5. The van der Waals surface area contributed by atoms with Crippen LogP contribution in [0.4, 0.5) is 0 Å². The van der Waals surface area contributed by atoms with Gasteiger partial charge < -0.3 is 4.74 Å². The van der Waals surface area contributed by atoms with Crippen molar-refractivity contribution < 1.29 is 14.3 Å². The molecule has 0 spiro atoms. The van der Waals surface area contributed by atoms with Crippen molar-refractivity contribution in [2.75, 3.05) is 6.73 Å². The van der Waals surface area contributed by atoms with Crippen LogP contribution in [0, 0.1) is 5.41 Å². The smallest absolute Gasteiger partial charge is 0.261 e. The summed E-state index contributed by atoms with van der Waals surface area (Å²) >= 11 is 0. The highest BCUT2D eigenvalue weighted by atomic mass is 16.5. The molecular formula is C20H25NO3. The number of rotatable bonds is 5. The minimum absolute atomic E-state index is 0.103. The number of hydrogen-bond donors (Lipinski definition) is 0. The van der Waals surface area contributed by atoms with Gasteiger partial charge in [0.05, 0.1) is 11.1 Å². The Bertz CT molecular complexity index is 699. The highest BCUT2D eigenvalue weighted by Gasteiger charge is 2.47. The molecule has 0 bridgehead atoms. The molecule has 2 aliphatic rings. The average molecular weight is 327 g/mol. The number of allylic oxidation sites excluding steroid dienone is 1. The lowest BCUT2D eigenvalue weighted by atomic mass is 9.87. The molecule has 128 valence electrons. The average Bonchev–Trinajstić information content (AvgIpc) is 3.25. The molecule has 1 aromatic carbocycles. The van der Waals surface area contributed by atoms with E-state index in [9.17, 15) is 9.59 Å². The summed E-state index contributed by atoms with van der Waals surface area (Å²) in [5.74, 6) is 0.579. The second-order valence-electron chi connectivity index (χ2n) is 7.77. The van der Waals surface area contributed by atoms with Crippen LogP contribution in [0.15, 0.2) is 36.1 Å². The molecule has 1 fully saturated rings. The van der Waals surface area contributed by atoms with Crippen LogP contribution >= 0.6 is 0 Å². The quantitative estimate of drug-likeness (QED) is 0.827. The van der Waals surface area contributed by atoms with Gasteiger partial charge in [-0.1, -0.05) is 37.3 Å². The number of ketones is 1. The molecule has 1 saturated carbocycles. The Balaban J connectivity index is 1.87. The molecule has 4 nitrogen and oxygen atoms in total. The van der Waals surface area contributed by atoms with Crippen LogP contribution in [0.1, 0.15) is 52.5 Å². The van der Waals surface area contributed by atoms with Gasteiger partial charge in [-0.05, 0) is 44.6 Å². The number of carbonyl (C=O) groups is 2. The molecule has 0 N–H and O–H groups in total. The first-order valence-corrected chi connectivity index (χ1v) is 8.49. The van der Waals surface area contributed by atoms with Crippen molar-refractivity contribution in [3.05, 3.63) is 41.7 Å². The minimum atomic E-state index is -0.872. The molecule has 1 amide bonds. The van der Waals surface area contributed by atoms with Crippen molar-refractivity contribution in [2.45, 2.75) is 52.5 Å². The molecule has 0 aromatic heterocycles. The topological polar surface area (TPSA) is 46.6 Å². The highest BCUT2D eigenvalue weighted by Crippen LogP contribution is 2.49. The molecule has 24 heavy (non-hydrogen) atoms. The van der Waals surface area contributed by atoms with Crippen molar-refractivity contribution >= 4 is 17.3 Å². The van der Waals surface area contributed by atoms with E-state index in [1.54, 1.807) is 11.8 Å². The maximum Gasteiger partial charge on any atom is 0.261 e. The second-order valence-corrected chi connectivity index (χ2v) is 7.77. The number of hydrogen-bond acceptors (Lipinski definition) is 3. The van der Waals surface area contributed by atoms with E-state index < -0.39 is 5.54 Å². The highest BCUT2D eigenvalue weighted by molar-refractivity contribution is 6.21. The first-order valence-electron chi connectivity index (χ1n) is 8.49. The third-order valence-corrected chi connectivity index (χ3v) is 5.33. The van der Waals surface area contributed by atoms with Gasteiger partial charge in [-0.15, -0.1) is 0 Å². The Hall–Kier alpha value is -2.10. The lowest BCUT2D eigenvalue weighted by molar-refractivity contribution is -0.149. The van der Waals surface area contributed by atoms with Gasteiger partial charge in [-0.2, -0.15) is 0 Å². The van der Waals surface area contributed by atoms with Crippen LogP contribution in [0.2, 0.25) is 0 Å². The Morgan fingerprint density at radius 2 is 1.88 bits per heavy atom. The normalized spacial score (nSPS) is 20.0. The maximum absolute atomic E-state index is 13.1. The predicted molar refractivity (Wildman–Crippen MR) is 92.9 cm³/mol. The van der Waals surface area contributed by atoms with Crippen molar-refractivity contribution in [1.29, 1.82) is 0 Å². The Kier molecular flexibility index (Phi) is 4.02. The molecular weight excluding hydrogens is 302 g/mol. The fraction of sp³-hybridized carbons (Fsp3) is 0.500. The summed E-state index contributed by atoms with van der Waals surface area (Å²) in [5.41, 5.74) is 0.619. The monoisotopic (exact) mass is 327 g/mol. The Morgan fingerprint density at radius 1 is 1.25 bits per heavy atom. The van der Waals surface area contributed by atoms with Gasteiger partial charge in [0.1, 0.15) is 5.76 Å². The van der Waals surface area contributed by atoms with E-state index in [-0.39, 0.29) is 23.8 Å². The summed E-state index contributed by atoms with van der Waals surface area (Å²) in [5, 5.41) is 0. The molecule has 1 aromatic rings. The summed E-state index contributed by atoms with van der Waals surface area (Å²) in [7, 11) is 0. The Morgan fingerprint density at radius 3 is 2.46 bits per heavy atom. The number of carbonyl (C=O) groups excluding carboxylic acids is 2. The SMILES string of the molecule is CC1=C(c2ccccc2)C(=O)N(C(C)(C)C(=O)CC2(C)CC2)CO1. The lowest BCUT2D eigenvalue weighted by Gasteiger charge is -2.40. The standard InChI is InChI=1S/C20H25NO3/c1-14-17(15-8-6-5-7-9-15)18(23)21(13-24-14)19(2,3)16(22)12-20(4)10-11-20/h5-9H,10-13H2,1-4H3. The predicted octanol–water partition coefficient (Wildman–Crippen LogP) is 3.77. The molecule has 1 aliphatic heterocycles. The van der Waals surface area contributed by atoms with Crippen LogP contribution in [0.5, 0.6) is 0 Å². The molecule has 0 saturated heterocycles. The number of ether oxygens (including phenoxy) is 1. The first-order chi connectivity index (χ1) is 11.2. The number of benzene rings is 1. The van der Waals surface area contributed by atoms with Gasteiger partial charge in [0.2, 0.25) is 0 Å². The fourth-order valence-corrected chi connectivity index (χ4v) is 3.07. The van der Waals surface area contributed by atoms with Crippen molar-refractivity contribution in [1.82, 2.24) is 4.90 Å². The van der Waals surface area contributed by atoms with Gasteiger partial charge in [0.15, 0.2) is 12.5 Å². The van der Waals surface area contributed by atoms with Crippen LogP contribution < -0.4 is 0 Å². The maximum atomic E-state index is 13.1. The summed E-state index contributed by atoms with van der Waals surface area (Å²) < 4.78 is 5.74. The van der Waals surface area contributed by atoms with Crippen molar-refractivity contribution in [3.63, 3.8) is 0 Å². The summed E-state index contributed by atoms with van der Waals surface area (Å²) in [6.45, 7) is 7.71. The van der Waals surface area contributed by atoms with E-state index in [0.29, 0.717) is 17.8 Å². The summed E-state index contributed by atoms with van der Waals surface area (Å²) in [4.78, 5) is 27.5. The zero-order valence-corrected chi connectivity index (χ0v) is 14.9. The summed E-state index contributed by atoms with van der Waals surface area (Å²) in [6.07, 6.45) is 2.70. The largest absolute Gasteiger partial charge is 0.477 e. The molecule has 0 unspecified atom stereocenters. The molecule has 4 heteroatoms. The van der Waals surface area contributed by atoms with E-state index >= 15 is 0 Å². The molecule has 0 atom stereocenters. The molecule has 1 aliphatic carbocycles. The molecule has 0 radical (unpaired) electrons. The molecule has 3 rings (SSSR count). The number of amides is 1. The van der Waals surface area contributed by atoms with Crippen LogP contribution in [0.25, 0.3) is 5.57 Å². The van der Waals surface area contributed by atoms with Gasteiger partial charge in [-0.25, -0.2) is 0 Å². The van der Waals surface area contributed by atoms with Crippen molar-refractivity contribution in [2.24, 2.45) is 5.41 Å². The van der Waals surface area contributed by atoms with Crippen LogP contribution in [-0.4, -0.2) is 28.9 Å². The summed E-state index contributed by atoms with van der Waals surface area (Å²) in [6, 6.07) is 9.49. The zero-order valence-electron chi connectivity index (χ0n) is 14.9.